The summed E-state index contributed by atoms with van der Waals surface area (Å²) >= 11 is 0. The Morgan fingerprint density at radius 3 is 1.35 bits per heavy atom. The number of unbranched alkanes of at least 4 members (excludes halogenated alkanes) is 27. The van der Waals surface area contributed by atoms with Gasteiger partial charge in [-0.25, -0.2) is 4.57 Å². The van der Waals surface area contributed by atoms with Crippen molar-refractivity contribution in [2.24, 2.45) is 0 Å². The Bertz CT molecular complexity index is 967. The van der Waals surface area contributed by atoms with Gasteiger partial charge in [0.1, 0.15) is 19.3 Å². The number of quaternary nitrogens is 1. The van der Waals surface area contributed by atoms with Gasteiger partial charge in [-0.05, 0) is 64.2 Å². The predicted octanol–water partition coefficient (Wildman–Crippen LogP) is 14.4. The first kappa shape index (κ1) is 56.0. The van der Waals surface area contributed by atoms with Crippen molar-refractivity contribution >= 4 is 13.8 Å². The zero-order chi connectivity index (χ0) is 42.0. The first-order valence-electron chi connectivity index (χ1n) is 24.1. The second kappa shape index (κ2) is 41.7. The van der Waals surface area contributed by atoms with E-state index in [1.807, 2.05) is 21.1 Å². The summed E-state index contributed by atoms with van der Waals surface area (Å²) in [4.78, 5) is 22.9. The Kier molecular flexibility index (Phi) is 41.0. The van der Waals surface area contributed by atoms with Crippen LogP contribution in [0.4, 0.5) is 0 Å². The average Bonchev–Trinajstić information content (AvgIpc) is 3.16. The Hall–Kier alpha value is -1.02. The fraction of sp³-hybridized carbons (Fsp3) is 0.896. The van der Waals surface area contributed by atoms with E-state index in [0.29, 0.717) is 24.1 Å². The molecule has 2 unspecified atom stereocenters. The second-order valence-electron chi connectivity index (χ2n) is 17.5. The van der Waals surface area contributed by atoms with Crippen LogP contribution in [-0.4, -0.2) is 75.6 Å². The molecule has 0 spiro atoms. The van der Waals surface area contributed by atoms with E-state index in [9.17, 15) is 14.3 Å². The third-order valence-corrected chi connectivity index (χ3v) is 11.5. The first-order valence-corrected chi connectivity index (χ1v) is 25.6. The highest BCUT2D eigenvalue weighted by Gasteiger charge is 2.26. The zero-order valence-corrected chi connectivity index (χ0v) is 39.2. The van der Waals surface area contributed by atoms with Crippen LogP contribution in [0.15, 0.2) is 24.3 Å². The van der Waals surface area contributed by atoms with Crippen LogP contribution in [0, 0.1) is 0 Å². The van der Waals surface area contributed by atoms with Crippen LogP contribution in [0.1, 0.15) is 219 Å². The Balaban J connectivity index is 4.12. The molecule has 0 fully saturated rings. The normalized spacial score (nSPS) is 13.9. The fourth-order valence-electron chi connectivity index (χ4n) is 6.72. The minimum absolute atomic E-state index is 0.0882. The highest BCUT2D eigenvalue weighted by Crippen LogP contribution is 2.43. The molecule has 0 saturated carbocycles. The SMILES string of the molecule is CCCCCC/C=C\CCCCCCCC(=O)OC(COCCCCCCCCCCCC/C=C\CCCCCCCCCC)COP(=O)(O)OCC[N+](C)(C)C. The molecule has 8 nitrogen and oxygen atoms in total. The smallest absolute Gasteiger partial charge is 0.457 e. The fourth-order valence-corrected chi connectivity index (χ4v) is 7.46. The van der Waals surface area contributed by atoms with Crippen LogP contribution in [0.25, 0.3) is 0 Å². The number of hydrogen-bond donors (Lipinski definition) is 1. The standard InChI is InChI=1S/C48H94NO7P/c1-6-8-10-12-14-16-18-20-21-22-23-24-25-26-27-28-30-32-34-36-38-40-43-53-45-47(46-55-57(51,52)54-44-42-49(3,4)5)56-48(50)41-39-37-35-33-31-29-19-17-15-13-11-9-7-2/h17,19,22-23,47H,6-16,18,20-21,24-46H2,1-5H3/p+1/b19-17-,23-22-. The molecule has 1 N–H and O–H groups in total. The van der Waals surface area contributed by atoms with E-state index < -0.39 is 13.9 Å². The molecule has 0 amide bonds. The van der Waals surface area contributed by atoms with Crippen molar-refractivity contribution in [2.75, 3.05) is 54.1 Å². The molecular formula is C48H95NO7P+. The highest BCUT2D eigenvalue weighted by atomic mass is 31.2. The van der Waals surface area contributed by atoms with Crippen LogP contribution in [0.3, 0.4) is 0 Å². The summed E-state index contributed by atoms with van der Waals surface area (Å²) < 4.78 is 35.0. The van der Waals surface area contributed by atoms with Gasteiger partial charge in [0.25, 0.3) is 0 Å². The molecule has 0 aliphatic heterocycles. The van der Waals surface area contributed by atoms with E-state index >= 15 is 0 Å². The van der Waals surface area contributed by atoms with Crippen molar-refractivity contribution in [3.63, 3.8) is 0 Å². The summed E-state index contributed by atoms with van der Waals surface area (Å²) in [5.41, 5.74) is 0. The number of carbonyl (C=O) groups is 1. The van der Waals surface area contributed by atoms with Crippen LogP contribution >= 0.6 is 7.82 Å². The highest BCUT2D eigenvalue weighted by molar-refractivity contribution is 7.47. The third-order valence-electron chi connectivity index (χ3n) is 10.5. The molecule has 0 heterocycles. The zero-order valence-electron chi connectivity index (χ0n) is 38.3. The van der Waals surface area contributed by atoms with Gasteiger partial charge in [-0.1, -0.05) is 173 Å². The number of rotatable bonds is 45. The lowest BCUT2D eigenvalue weighted by molar-refractivity contribution is -0.870. The second-order valence-corrected chi connectivity index (χ2v) is 18.9. The number of likely N-dealkylation sites (N-methyl/N-ethyl adjacent to an activating group) is 1. The van der Waals surface area contributed by atoms with E-state index in [1.54, 1.807) is 0 Å². The number of ether oxygens (including phenoxy) is 2. The van der Waals surface area contributed by atoms with Gasteiger partial charge in [0.15, 0.2) is 0 Å². The molecule has 0 saturated heterocycles. The average molecular weight is 829 g/mol. The molecule has 0 aliphatic rings. The van der Waals surface area contributed by atoms with Crippen LogP contribution in [-0.2, 0) is 27.9 Å². The van der Waals surface area contributed by atoms with Gasteiger partial charge >= 0.3 is 13.8 Å². The van der Waals surface area contributed by atoms with E-state index in [2.05, 4.69) is 38.2 Å². The topological polar surface area (TPSA) is 91.3 Å². The molecule has 2 atom stereocenters. The molecule has 0 aromatic heterocycles. The molecule has 0 radical (unpaired) electrons. The van der Waals surface area contributed by atoms with Crippen LogP contribution < -0.4 is 0 Å². The molecule has 0 rings (SSSR count). The number of hydrogen-bond acceptors (Lipinski definition) is 6. The first-order chi connectivity index (χ1) is 27.6. The predicted molar refractivity (Wildman–Crippen MR) is 243 cm³/mol. The Morgan fingerprint density at radius 2 is 0.912 bits per heavy atom. The summed E-state index contributed by atoms with van der Waals surface area (Å²) in [7, 11) is 1.67. The largest absolute Gasteiger partial charge is 0.472 e. The Morgan fingerprint density at radius 1 is 0.526 bits per heavy atom. The molecule has 0 aromatic rings. The summed E-state index contributed by atoms with van der Waals surface area (Å²) in [6.45, 7) is 5.62. The van der Waals surface area contributed by atoms with Crippen molar-refractivity contribution in [2.45, 2.75) is 225 Å². The Labute approximate surface area is 353 Å². The maximum Gasteiger partial charge on any atom is 0.472 e. The van der Waals surface area contributed by atoms with Gasteiger partial charge in [0, 0.05) is 13.0 Å². The monoisotopic (exact) mass is 829 g/mol. The quantitative estimate of drug-likeness (QED) is 0.0215. The molecule has 57 heavy (non-hydrogen) atoms. The van der Waals surface area contributed by atoms with Crippen molar-refractivity contribution in [1.29, 1.82) is 0 Å². The van der Waals surface area contributed by atoms with Crippen molar-refractivity contribution < 1.29 is 37.3 Å². The summed E-state index contributed by atoms with van der Waals surface area (Å²) in [5.74, 6) is -0.321. The van der Waals surface area contributed by atoms with Gasteiger partial charge in [-0.2, -0.15) is 0 Å². The maximum atomic E-state index is 12.7. The summed E-state index contributed by atoms with van der Waals surface area (Å²) in [6.07, 6.45) is 47.9. The molecule has 0 aromatic carbocycles. The van der Waals surface area contributed by atoms with Crippen molar-refractivity contribution in [3.05, 3.63) is 24.3 Å². The number of carbonyl (C=O) groups excluding carboxylic acids is 1. The number of nitrogens with zero attached hydrogens (tertiary/aromatic N) is 1. The molecule has 0 bridgehead atoms. The van der Waals surface area contributed by atoms with Crippen LogP contribution in [0.5, 0.6) is 0 Å². The molecular weight excluding hydrogens is 734 g/mol. The van der Waals surface area contributed by atoms with Gasteiger partial charge in [0.2, 0.25) is 0 Å². The minimum atomic E-state index is -4.27. The third kappa shape index (κ3) is 45.9. The lowest BCUT2D eigenvalue weighted by Gasteiger charge is -2.24. The van der Waals surface area contributed by atoms with E-state index in [-0.39, 0.29) is 25.8 Å². The van der Waals surface area contributed by atoms with E-state index in [4.69, 9.17) is 18.5 Å². The van der Waals surface area contributed by atoms with Crippen LogP contribution in [0.2, 0.25) is 0 Å². The van der Waals surface area contributed by atoms with Crippen molar-refractivity contribution in [3.8, 4) is 0 Å². The lowest BCUT2D eigenvalue weighted by atomic mass is 10.1. The summed E-state index contributed by atoms with van der Waals surface area (Å²) in [6, 6.07) is 0. The van der Waals surface area contributed by atoms with E-state index in [1.165, 1.54) is 154 Å². The van der Waals surface area contributed by atoms with Gasteiger partial charge in [0.05, 0.1) is 34.4 Å². The van der Waals surface area contributed by atoms with Crippen molar-refractivity contribution in [1.82, 2.24) is 0 Å². The molecule has 338 valence electrons. The maximum absolute atomic E-state index is 12.7. The summed E-state index contributed by atoms with van der Waals surface area (Å²) in [5, 5.41) is 0. The minimum Gasteiger partial charge on any atom is -0.457 e. The molecule has 0 aliphatic carbocycles. The number of phosphoric acid groups is 1. The number of allylic oxidation sites excluding steroid dienone is 4. The number of phosphoric ester groups is 1. The molecule has 9 heteroatoms. The number of esters is 1. The van der Waals surface area contributed by atoms with E-state index in [0.717, 1.165) is 44.9 Å². The van der Waals surface area contributed by atoms with Gasteiger partial charge < -0.3 is 18.9 Å². The van der Waals surface area contributed by atoms with Gasteiger partial charge in [-0.15, -0.1) is 0 Å². The lowest BCUT2D eigenvalue weighted by Crippen LogP contribution is -2.37. The van der Waals surface area contributed by atoms with Gasteiger partial charge in [-0.3, -0.25) is 13.8 Å².